The summed E-state index contributed by atoms with van der Waals surface area (Å²) >= 11 is 7.25. The lowest BCUT2D eigenvalue weighted by molar-refractivity contribution is -0.144. The van der Waals surface area contributed by atoms with Gasteiger partial charge in [-0.05, 0) is 122 Å². The molecule has 0 spiro atoms. The summed E-state index contributed by atoms with van der Waals surface area (Å²) in [6, 6.07) is 25.7. The third kappa shape index (κ3) is 12.3. The molecule has 0 radical (unpaired) electrons. The van der Waals surface area contributed by atoms with Gasteiger partial charge in [-0.25, -0.2) is 4.98 Å². The second kappa shape index (κ2) is 22.3. The van der Waals surface area contributed by atoms with Crippen LogP contribution in [0.3, 0.4) is 0 Å². The number of amides is 3. The van der Waals surface area contributed by atoms with Crippen molar-refractivity contribution >= 4 is 63.5 Å². The molecule has 5 aromatic rings. The van der Waals surface area contributed by atoms with Gasteiger partial charge in [0.25, 0.3) is 5.91 Å². The molecular formula is C55H59F3N6O7S2. The first-order valence-corrected chi connectivity index (χ1v) is 25.3. The number of aryl methyl sites for hydroxylation is 1. The lowest BCUT2D eigenvalue weighted by Crippen LogP contribution is -2.57. The highest BCUT2D eigenvalue weighted by Crippen LogP contribution is 2.41. The fraction of sp³-hybridized carbons (Fsp3) is 0.400. The smallest absolute Gasteiger partial charge is 0.417 e. The van der Waals surface area contributed by atoms with Crippen LogP contribution in [-0.4, -0.2) is 93.7 Å². The number of carbonyl (C=O) groups excluding carboxylic acids is 4. The number of rotatable bonds is 18. The number of aromatic nitrogens is 1. The summed E-state index contributed by atoms with van der Waals surface area (Å²) in [5.41, 5.74) is 3.42. The van der Waals surface area contributed by atoms with Crippen LogP contribution in [0.1, 0.15) is 95.5 Å². The van der Waals surface area contributed by atoms with Crippen LogP contribution in [0.5, 0.6) is 5.75 Å². The molecule has 2 aliphatic rings. The number of ether oxygens (including phenoxy) is 2. The van der Waals surface area contributed by atoms with E-state index in [0.29, 0.717) is 30.9 Å². The predicted molar refractivity (Wildman–Crippen MR) is 278 cm³/mol. The lowest BCUT2D eigenvalue weighted by atomic mass is 9.85. The van der Waals surface area contributed by atoms with Crippen molar-refractivity contribution in [3.05, 3.63) is 119 Å². The van der Waals surface area contributed by atoms with E-state index in [1.165, 1.54) is 11.0 Å². The highest BCUT2D eigenvalue weighted by molar-refractivity contribution is 7.81. The number of anilines is 2. The molecule has 3 heterocycles. The number of likely N-dealkylation sites (tertiary alicyclic amines) is 1. The summed E-state index contributed by atoms with van der Waals surface area (Å²) in [5.74, 6) is -1.02. The van der Waals surface area contributed by atoms with Gasteiger partial charge in [0.1, 0.15) is 23.9 Å². The van der Waals surface area contributed by atoms with Gasteiger partial charge < -0.3 is 29.7 Å². The Kier molecular flexibility index (Phi) is 16.6. The number of halogens is 3. The van der Waals surface area contributed by atoms with Crippen molar-refractivity contribution in [2.75, 3.05) is 36.2 Å². The van der Waals surface area contributed by atoms with Gasteiger partial charge in [0.15, 0.2) is 10.9 Å². The lowest BCUT2D eigenvalue weighted by Gasteiger charge is -2.35. The molecule has 13 nitrogen and oxygen atoms in total. The van der Waals surface area contributed by atoms with E-state index in [2.05, 4.69) is 10.3 Å². The van der Waals surface area contributed by atoms with Crippen molar-refractivity contribution in [2.24, 2.45) is 5.41 Å². The van der Waals surface area contributed by atoms with E-state index in [9.17, 15) is 42.7 Å². The summed E-state index contributed by atoms with van der Waals surface area (Å²) in [6.07, 6.45) is -4.10. The number of thiocarbonyl (C=S) groups is 1. The van der Waals surface area contributed by atoms with Crippen LogP contribution in [0.15, 0.2) is 96.5 Å². The average molecular weight is 1040 g/mol. The summed E-state index contributed by atoms with van der Waals surface area (Å²) < 4.78 is 52.9. The number of unbranched alkanes of at least 4 members (excludes halogenated alkanes) is 1. The van der Waals surface area contributed by atoms with Crippen molar-refractivity contribution in [3.63, 3.8) is 0 Å². The maximum absolute atomic E-state index is 14.1. The van der Waals surface area contributed by atoms with E-state index in [1.54, 1.807) is 48.3 Å². The molecule has 0 unspecified atom stereocenters. The molecule has 7 rings (SSSR count). The molecule has 0 aliphatic carbocycles. The van der Waals surface area contributed by atoms with Crippen LogP contribution in [0.25, 0.3) is 21.6 Å². The van der Waals surface area contributed by atoms with Crippen molar-refractivity contribution in [3.8, 4) is 33.4 Å². The Balaban J connectivity index is 0.847. The number of benzene rings is 4. The van der Waals surface area contributed by atoms with Gasteiger partial charge in [-0.2, -0.15) is 18.4 Å². The van der Waals surface area contributed by atoms with Crippen molar-refractivity contribution in [2.45, 2.75) is 110 Å². The highest BCUT2D eigenvalue weighted by atomic mass is 32.1. The van der Waals surface area contributed by atoms with Crippen molar-refractivity contribution in [1.82, 2.24) is 15.2 Å². The summed E-state index contributed by atoms with van der Waals surface area (Å²) in [7, 11) is 0. The zero-order valence-corrected chi connectivity index (χ0v) is 43.4. The van der Waals surface area contributed by atoms with Gasteiger partial charge in [-0.3, -0.25) is 24.1 Å². The number of nitrogens with one attached hydrogen (secondary N) is 1. The molecule has 2 aliphatic heterocycles. The molecule has 73 heavy (non-hydrogen) atoms. The Bertz CT molecular complexity index is 2880. The van der Waals surface area contributed by atoms with E-state index in [-0.39, 0.29) is 55.1 Å². The summed E-state index contributed by atoms with van der Waals surface area (Å²) in [5, 5.41) is 22.7. The molecule has 4 atom stereocenters. The fourth-order valence-corrected chi connectivity index (χ4v) is 10.5. The highest BCUT2D eigenvalue weighted by Gasteiger charge is 2.51. The number of hydrogen-bond acceptors (Lipinski definition) is 11. The van der Waals surface area contributed by atoms with Gasteiger partial charge >= 0.3 is 6.18 Å². The minimum absolute atomic E-state index is 0.00117. The Morgan fingerprint density at radius 3 is 2.16 bits per heavy atom. The first-order chi connectivity index (χ1) is 34.5. The molecule has 0 bridgehead atoms. The van der Waals surface area contributed by atoms with Crippen LogP contribution in [0, 0.1) is 23.7 Å². The Hall–Kier alpha value is -6.52. The maximum Gasteiger partial charge on any atom is 0.417 e. The normalized spacial score (nSPS) is 17.6. The Morgan fingerprint density at radius 2 is 1.56 bits per heavy atom. The molecule has 2 saturated heterocycles. The molecule has 1 aromatic heterocycles. The van der Waals surface area contributed by atoms with Gasteiger partial charge in [0, 0.05) is 31.7 Å². The molecule has 3 amide bonds. The number of aliphatic hydroxyl groups is 1. The number of β-amino-alcohol motifs (C(OH)–C–C–N with tert-alkyl or cyclic N) is 1. The third-order valence-electron chi connectivity index (χ3n) is 13.2. The molecular weight excluding hydrogens is 978 g/mol. The van der Waals surface area contributed by atoms with E-state index < -0.39 is 64.2 Å². The minimum Gasteiger partial charge on any atom is -0.494 e. The number of aliphatic hydroxyl groups excluding tert-OH is 1. The topological polar surface area (TPSA) is 165 Å². The van der Waals surface area contributed by atoms with Crippen molar-refractivity contribution < 1.29 is 46.9 Å². The first-order valence-electron chi connectivity index (χ1n) is 24.0. The molecule has 4 aromatic carbocycles. The van der Waals surface area contributed by atoms with Gasteiger partial charge in [-0.1, -0.05) is 76.2 Å². The number of alkyl halides is 3. The second-order valence-corrected chi connectivity index (χ2v) is 21.3. The number of ketones is 1. The number of hydrogen-bond donors (Lipinski definition) is 2. The predicted octanol–water partition coefficient (Wildman–Crippen LogP) is 10.0. The number of Topliss-reactive ketones (excluding diaryl/α,β-unsaturated/α-hetero) is 1. The van der Waals surface area contributed by atoms with E-state index in [4.69, 9.17) is 21.7 Å². The van der Waals surface area contributed by atoms with Gasteiger partial charge in [0.2, 0.25) is 11.8 Å². The fourth-order valence-electron chi connectivity index (χ4n) is 9.14. The van der Waals surface area contributed by atoms with Gasteiger partial charge in [-0.15, -0.1) is 11.3 Å². The molecule has 2 fully saturated rings. The Labute approximate surface area is 432 Å². The van der Waals surface area contributed by atoms with Crippen LogP contribution in [0.4, 0.5) is 24.5 Å². The Morgan fingerprint density at radius 1 is 0.945 bits per heavy atom. The summed E-state index contributed by atoms with van der Waals surface area (Å²) in [4.78, 5) is 64.2. The largest absolute Gasteiger partial charge is 0.494 e. The van der Waals surface area contributed by atoms with Crippen LogP contribution in [0.2, 0.25) is 0 Å². The number of nitrogens with zero attached hydrogens (tertiary/aromatic N) is 5. The molecule has 18 heteroatoms. The first kappa shape index (κ1) is 54.3. The minimum atomic E-state index is -4.80. The second-order valence-electron chi connectivity index (χ2n) is 20.1. The van der Waals surface area contributed by atoms with Gasteiger partial charge in [0.05, 0.1) is 57.7 Å². The van der Waals surface area contributed by atoms with E-state index in [1.807, 2.05) is 101 Å². The maximum atomic E-state index is 14.1. The quantitative estimate of drug-likeness (QED) is 0.0634. The third-order valence-corrected chi connectivity index (χ3v) is 14.5. The van der Waals surface area contributed by atoms with Crippen molar-refractivity contribution in [1.29, 1.82) is 5.26 Å². The molecule has 0 saturated carbocycles. The van der Waals surface area contributed by atoms with E-state index >= 15 is 0 Å². The standard InChI is InChI=1S/C55H59F3N6O7S2/c1-33(35-10-12-38(13-11-35)48-34(2)60-32-73-48)26-46(66)45-28-42(65)30-62(45)50(68)49(53(3,4)5)61-47(67)31-70-24-8-9-25-71-43-22-17-37(18-23-43)36-14-19-40(20-15-36)64-52(72)63(51(69)54(64,6)7)41-21-16-39(29-59)44(27-41)55(56,57)58/h10-23,27,32-33,42,45,49,65H,8-9,24-26,28,30-31H2,1-7H3,(H,61,67)/t33-,42-,45+,49-/m1/s1. The monoisotopic (exact) mass is 1040 g/mol. The van der Waals surface area contributed by atoms with Crippen LogP contribution < -0.4 is 19.9 Å². The zero-order valence-electron chi connectivity index (χ0n) is 41.8. The van der Waals surface area contributed by atoms with Crippen LogP contribution in [-0.2, 0) is 30.1 Å². The van der Waals surface area contributed by atoms with Crippen LogP contribution >= 0.6 is 23.6 Å². The number of nitriles is 1. The molecule has 384 valence electrons. The summed E-state index contributed by atoms with van der Waals surface area (Å²) in [6.45, 7) is 13.1. The zero-order chi connectivity index (χ0) is 53.0. The number of thiazole rings is 1. The van der Waals surface area contributed by atoms with E-state index in [0.717, 1.165) is 49.9 Å². The number of carbonyl (C=O) groups is 4. The molecule has 2 N–H and O–H groups in total. The average Bonchev–Trinajstić information content (AvgIpc) is 4.01. The SMILES string of the molecule is Cc1ncsc1-c1ccc([C@H](C)CC(=O)[C@@H]2C[C@@H](O)CN2C(=O)[C@@H](NC(=O)COCCCCOc2ccc(-c3ccc(N4C(=S)N(c5ccc(C#N)c(C(F)(F)F)c5)C(=O)C4(C)C)cc3)cc2)C(C)(C)C)cc1.